The van der Waals surface area contributed by atoms with Crippen LogP contribution in [0.15, 0.2) is 223 Å². The third-order valence-corrected chi connectivity index (χ3v) is 25.4. The number of nitrogens with zero attached hydrogens (tertiary/aromatic N) is 6. The number of rotatable bonds is 16. The van der Waals surface area contributed by atoms with Crippen molar-refractivity contribution < 1.29 is 31.8 Å². The fourth-order valence-corrected chi connectivity index (χ4v) is 20.2. The zero-order valence-electron chi connectivity index (χ0n) is 51.5. The van der Waals surface area contributed by atoms with Crippen molar-refractivity contribution in [2.45, 2.75) is 73.4 Å². The molecule has 2 aromatic heterocycles. The van der Waals surface area contributed by atoms with Gasteiger partial charge in [-0.15, -0.1) is 0 Å². The highest BCUT2D eigenvalue weighted by molar-refractivity contribution is 7.68. The number of aromatic nitrogens is 6. The molecule has 0 radical (unpaired) electrons. The maximum absolute atomic E-state index is 15.0. The average molecular weight is 1320 g/mol. The Hall–Kier alpha value is -9.10. The molecule has 93 heavy (non-hydrogen) atoms. The van der Waals surface area contributed by atoms with Gasteiger partial charge in [0.2, 0.25) is 0 Å². The summed E-state index contributed by atoms with van der Waals surface area (Å²) in [5.41, 5.74) is -0.00129. The molecule has 14 rings (SSSR count). The van der Waals surface area contributed by atoms with Gasteiger partial charge in [0.15, 0.2) is 0 Å². The van der Waals surface area contributed by atoms with Gasteiger partial charge in [0.1, 0.15) is 31.8 Å². The van der Waals surface area contributed by atoms with Gasteiger partial charge in [0.25, 0.3) is 22.1 Å². The molecule has 0 saturated heterocycles. The van der Waals surface area contributed by atoms with E-state index >= 15 is 9.13 Å². The molecule has 8 aromatic carbocycles. The van der Waals surface area contributed by atoms with Crippen molar-refractivity contribution in [3.63, 3.8) is 0 Å². The zero-order valence-corrected chi connectivity index (χ0v) is 55.1. The van der Waals surface area contributed by atoms with Crippen LogP contribution in [0.4, 0.5) is 0 Å². The summed E-state index contributed by atoms with van der Waals surface area (Å²) in [6.45, 7) is 5.17. The molecule has 0 bridgehead atoms. The molecule has 474 valence electrons. The van der Waals surface area contributed by atoms with Crippen LogP contribution in [0.25, 0.3) is 44.5 Å². The van der Waals surface area contributed by atoms with Crippen molar-refractivity contribution in [3.05, 3.63) is 257 Å². The summed E-state index contributed by atoms with van der Waals surface area (Å²) in [6.07, 6.45) is -0.892. The Morgan fingerprint density at radius 2 is 0.667 bits per heavy atom. The van der Waals surface area contributed by atoms with E-state index in [2.05, 4.69) is 30.3 Å². The minimum absolute atomic E-state index is 0.0166. The van der Waals surface area contributed by atoms with Gasteiger partial charge in [-0.3, -0.25) is 13.7 Å². The zero-order chi connectivity index (χ0) is 65.0. The van der Waals surface area contributed by atoms with E-state index in [1.807, 2.05) is 105 Å². The van der Waals surface area contributed by atoms with Crippen LogP contribution < -0.4 is 73.5 Å². The fraction of sp³-hybridized carbons (Fsp3) is 0.229. The van der Waals surface area contributed by atoms with E-state index in [0.29, 0.717) is 58.7 Å². The molecule has 23 heteroatoms. The van der Waals surface area contributed by atoms with Gasteiger partial charge in [0, 0.05) is 66.8 Å². The number of benzene rings is 8. The monoisotopic (exact) mass is 1320 g/mol. The van der Waals surface area contributed by atoms with Crippen LogP contribution >= 0.6 is 30.9 Å². The minimum atomic E-state index is -3.83. The van der Waals surface area contributed by atoms with Crippen LogP contribution in [0.3, 0.4) is 0 Å². The number of hydrogen-bond donors (Lipinski definition) is 0. The molecule has 0 aliphatic carbocycles. The molecule has 4 atom stereocenters. The van der Waals surface area contributed by atoms with E-state index in [-0.39, 0.29) is 57.0 Å². The van der Waals surface area contributed by atoms with E-state index in [1.54, 1.807) is 86.6 Å². The second-order valence-corrected chi connectivity index (χ2v) is 32.9. The fourth-order valence-electron chi connectivity index (χ4n) is 12.5. The standard InChI is InChI=1S/C58H57N6O12P3.C12H9OP/c1-39(2)37-63-54(67)59(52(65)60(55(63)68)31-34-77(71)49-26-14-8-20-43(49)40-17-5-11-23-46(40)74-77)30-29-58(3,4)38-64-56(69)61(32-35-78(72)50-27-15-9-21-44(50)41-18-6-12-24-47(41)75-78)53(66)62(57(64)70)33-36-79(73)51-28-16-10-22-45(51)42-19-7-13-25-48(42)76-79;1-3-7-11-9(5-1)10-6-2-4-8-12(10)14-13-11/h5-28,39H,29-38H2,1-4H3;1-8,14H. The summed E-state index contributed by atoms with van der Waals surface area (Å²) in [4.78, 5) is 87.3. The summed E-state index contributed by atoms with van der Waals surface area (Å²) in [6, 6.07) is 59.3. The summed E-state index contributed by atoms with van der Waals surface area (Å²) in [5, 5.41) is 2.56. The predicted octanol–water partition coefficient (Wildman–Crippen LogP) is 10.4. The Balaban J connectivity index is 0.000000492. The van der Waals surface area contributed by atoms with E-state index in [1.165, 1.54) is 16.4 Å². The van der Waals surface area contributed by atoms with Gasteiger partial charge in [-0.05, 0) is 82.5 Å². The first kappa shape index (κ1) is 62.7. The van der Waals surface area contributed by atoms with Crippen molar-refractivity contribution in [3.8, 4) is 67.5 Å². The van der Waals surface area contributed by atoms with Crippen molar-refractivity contribution >= 4 is 52.1 Å². The van der Waals surface area contributed by atoms with Crippen LogP contribution in [0.1, 0.15) is 34.1 Å². The Labute approximate surface area is 536 Å². The van der Waals surface area contributed by atoms with E-state index in [9.17, 15) is 33.3 Å². The predicted molar refractivity (Wildman–Crippen MR) is 366 cm³/mol. The Kier molecular flexibility index (Phi) is 16.9. The Morgan fingerprint density at radius 1 is 0.366 bits per heavy atom. The smallest absolute Gasteiger partial charge is 0.336 e. The van der Waals surface area contributed by atoms with Crippen molar-refractivity contribution in [1.82, 2.24) is 27.4 Å². The van der Waals surface area contributed by atoms with E-state index < -0.39 is 74.7 Å². The van der Waals surface area contributed by atoms with E-state index in [0.717, 1.165) is 49.8 Å². The van der Waals surface area contributed by atoms with Crippen LogP contribution in [0.5, 0.6) is 23.0 Å². The summed E-state index contributed by atoms with van der Waals surface area (Å²) in [7, 11) is -11.0. The second-order valence-electron chi connectivity index (χ2n) is 24.6. The van der Waals surface area contributed by atoms with Crippen molar-refractivity contribution in [2.75, 3.05) is 18.5 Å². The first-order valence-electron chi connectivity index (χ1n) is 30.7. The summed E-state index contributed by atoms with van der Waals surface area (Å²) < 4.78 is 74.6. The van der Waals surface area contributed by atoms with Gasteiger partial charge in [0.05, 0.1) is 34.4 Å². The molecular weight excluding hydrogens is 1260 g/mol. The first-order chi connectivity index (χ1) is 44.7. The third-order valence-electron chi connectivity index (χ3n) is 17.2. The normalized spacial score (nSPS) is 18.0. The van der Waals surface area contributed by atoms with Crippen LogP contribution in [0.2, 0.25) is 0 Å². The molecule has 4 aliphatic rings. The van der Waals surface area contributed by atoms with E-state index in [4.69, 9.17) is 18.1 Å². The van der Waals surface area contributed by atoms with Gasteiger partial charge < -0.3 is 18.1 Å². The molecule has 4 unspecified atom stereocenters. The molecule has 0 fully saturated rings. The van der Waals surface area contributed by atoms with Gasteiger partial charge >= 0.3 is 34.1 Å². The lowest BCUT2D eigenvalue weighted by molar-refractivity contribution is 0.241. The molecule has 0 N–H and O–H groups in total. The van der Waals surface area contributed by atoms with Crippen molar-refractivity contribution in [2.24, 2.45) is 11.3 Å². The largest absolute Gasteiger partial charge is 0.472 e. The molecule has 10 aromatic rings. The summed E-state index contributed by atoms with van der Waals surface area (Å²) >= 11 is 0. The highest BCUT2D eigenvalue weighted by atomic mass is 31.2. The van der Waals surface area contributed by atoms with Gasteiger partial charge in [-0.25, -0.2) is 56.2 Å². The lowest BCUT2D eigenvalue weighted by Gasteiger charge is -2.30. The van der Waals surface area contributed by atoms with Crippen LogP contribution in [-0.2, 0) is 53.0 Å². The molecule has 0 saturated carbocycles. The number of hydrogen-bond acceptors (Lipinski definition) is 13. The van der Waals surface area contributed by atoms with Crippen molar-refractivity contribution in [1.29, 1.82) is 0 Å². The van der Waals surface area contributed by atoms with Crippen LogP contribution in [-0.4, -0.2) is 45.9 Å². The highest BCUT2D eigenvalue weighted by Crippen LogP contribution is 2.57. The molecular formula is C70H66N6O13P4. The molecule has 0 spiro atoms. The van der Waals surface area contributed by atoms with Gasteiger partial charge in [-0.2, -0.15) is 0 Å². The maximum atomic E-state index is 15.0. The highest BCUT2D eigenvalue weighted by Gasteiger charge is 2.40. The van der Waals surface area contributed by atoms with Crippen LogP contribution in [0, 0.1) is 11.3 Å². The first-order valence-corrected chi connectivity index (χ1v) is 37.0. The molecule has 19 nitrogen and oxygen atoms in total. The maximum Gasteiger partial charge on any atom is 0.336 e. The molecule has 6 heterocycles. The topological polar surface area (TPSA) is 220 Å². The lowest BCUT2D eigenvalue weighted by Crippen LogP contribution is -2.57. The number of para-hydroxylation sites is 4. The number of fused-ring (bicyclic) bond motifs is 12. The molecule has 0 amide bonds. The quantitative estimate of drug-likeness (QED) is 0.0823. The SMILES string of the molecule is CC(C)Cn1c(=O)n(CCC(C)(C)Cn2c(=O)n(CCP3(=O)Oc4ccccc4-c4ccccc43)c(=O)n(CCP3(=O)Oc4ccccc4-c4ccccc43)c2=O)c(=O)n(CCP2(=O)Oc3ccccc3-c3ccccc32)c1=O.c1ccc2c(c1)OPc1ccccc1-2. The van der Waals surface area contributed by atoms with Gasteiger partial charge in [-0.1, -0.05) is 179 Å². The Bertz CT molecular complexity index is 4980. The lowest BCUT2D eigenvalue weighted by atomic mass is 9.89. The minimum Gasteiger partial charge on any atom is -0.472 e. The average Bonchev–Trinajstić information content (AvgIpc) is 0.777. The summed E-state index contributed by atoms with van der Waals surface area (Å²) in [5.74, 6) is 1.95. The molecule has 4 aliphatic heterocycles. The Morgan fingerprint density at radius 3 is 1.06 bits per heavy atom. The second kappa shape index (κ2) is 25.1. The third kappa shape index (κ3) is 11.9.